The Morgan fingerprint density at radius 1 is 1.15 bits per heavy atom. The van der Waals surface area contributed by atoms with Crippen molar-refractivity contribution in [2.75, 3.05) is 25.0 Å². The highest BCUT2D eigenvalue weighted by atomic mass is 32.1. The summed E-state index contributed by atoms with van der Waals surface area (Å²) in [5, 5.41) is 17.3. The Kier molecular flexibility index (Phi) is 8.64. The third-order valence-corrected chi connectivity index (χ3v) is 5.05. The number of amides is 2. The van der Waals surface area contributed by atoms with Crippen molar-refractivity contribution in [3.8, 4) is 0 Å². The number of aromatic nitrogens is 1. The van der Waals surface area contributed by atoms with Crippen molar-refractivity contribution in [1.29, 1.82) is 0 Å². The van der Waals surface area contributed by atoms with Crippen LogP contribution >= 0.6 is 11.3 Å². The van der Waals surface area contributed by atoms with Gasteiger partial charge in [-0.1, -0.05) is 5.16 Å². The van der Waals surface area contributed by atoms with E-state index in [2.05, 4.69) is 15.5 Å². The molecular weight excluding hydrogens is 452 g/mol. The van der Waals surface area contributed by atoms with Crippen LogP contribution in [0.15, 0.2) is 10.5 Å². The van der Waals surface area contributed by atoms with Gasteiger partial charge in [0.2, 0.25) is 5.71 Å². The van der Waals surface area contributed by atoms with Gasteiger partial charge in [0.05, 0.1) is 0 Å². The molecule has 0 atom stereocenters. The van der Waals surface area contributed by atoms with E-state index in [1.54, 1.807) is 25.7 Å². The first kappa shape index (κ1) is 26.4. The van der Waals surface area contributed by atoms with Crippen LogP contribution in [-0.2, 0) is 19.1 Å². The third-order valence-electron chi connectivity index (χ3n) is 4.29. The minimum Gasteiger partial charge on any atom is -0.476 e. The van der Waals surface area contributed by atoms with Crippen LogP contribution in [-0.4, -0.2) is 69.8 Å². The predicted octanol–water partition coefficient (Wildman–Crippen LogP) is 3.94. The summed E-state index contributed by atoms with van der Waals surface area (Å²) in [7, 11) is 0. The van der Waals surface area contributed by atoms with E-state index in [1.165, 1.54) is 5.38 Å². The Hall–Kier alpha value is -2.89. The van der Waals surface area contributed by atoms with Gasteiger partial charge in [-0.2, -0.15) is 0 Å². The molecule has 1 saturated heterocycles. The van der Waals surface area contributed by atoms with Crippen molar-refractivity contribution in [1.82, 2.24) is 9.88 Å². The highest BCUT2D eigenvalue weighted by molar-refractivity contribution is 7.14. The Balaban J connectivity index is 1.88. The van der Waals surface area contributed by atoms with Gasteiger partial charge in [0, 0.05) is 18.5 Å². The fourth-order valence-electron chi connectivity index (χ4n) is 2.84. The molecule has 0 saturated carbocycles. The van der Waals surface area contributed by atoms with Gasteiger partial charge in [0.15, 0.2) is 5.13 Å². The SMILES string of the molecule is CC(C)(C)OC(=O)Nc1nc(/C(=N/OCC2CCN(C(=O)OC(C)(C)C)CC2)C(=O)O)cs1. The lowest BCUT2D eigenvalue weighted by Gasteiger charge is -2.32. The molecule has 0 unspecified atom stereocenters. The number of rotatable bonds is 6. The highest BCUT2D eigenvalue weighted by Gasteiger charge is 2.27. The first-order valence-corrected chi connectivity index (χ1v) is 11.5. The fraction of sp³-hybridized carbons (Fsp3) is 0.667. The number of carboxylic acids is 1. The topological polar surface area (TPSA) is 140 Å². The van der Waals surface area contributed by atoms with Crippen LogP contribution in [0, 0.1) is 5.92 Å². The van der Waals surface area contributed by atoms with Gasteiger partial charge in [0.25, 0.3) is 0 Å². The van der Waals surface area contributed by atoms with E-state index in [4.69, 9.17) is 14.3 Å². The van der Waals surface area contributed by atoms with E-state index in [-0.39, 0.29) is 35.2 Å². The second-order valence-corrected chi connectivity index (χ2v) is 10.5. The van der Waals surface area contributed by atoms with Crippen molar-refractivity contribution >= 4 is 40.3 Å². The summed E-state index contributed by atoms with van der Waals surface area (Å²) in [5.41, 5.74) is -1.51. The van der Waals surface area contributed by atoms with Crippen molar-refractivity contribution < 1.29 is 33.8 Å². The zero-order chi connectivity index (χ0) is 24.8. The normalized spacial score (nSPS) is 15.7. The van der Waals surface area contributed by atoms with E-state index in [0.29, 0.717) is 25.9 Å². The molecule has 1 aromatic heterocycles. The molecule has 2 N–H and O–H groups in total. The van der Waals surface area contributed by atoms with E-state index >= 15 is 0 Å². The summed E-state index contributed by atoms with van der Waals surface area (Å²) in [5.74, 6) is -1.17. The summed E-state index contributed by atoms with van der Waals surface area (Å²) in [6.45, 7) is 11.9. The third kappa shape index (κ3) is 9.24. The Morgan fingerprint density at radius 3 is 2.30 bits per heavy atom. The van der Waals surface area contributed by atoms with Crippen LogP contribution in [0.25, 0.3) is 0 Å². The van der Waals surface area contributed by atoms with E-state index in [0.717, 1.165) is 11.3 Å². The lowest BCUT2D eigenvalue weighted by atomic mass is 9.98. The van der Waals surface area contributed by atoms with E-state index < -0.39 is 23.3 Å². The number of carboxylic acid groups (broad SMARTS) is 1. The second-order valence-electron chi connectivity index (χ2n) is 9.62. The number of oxime groups is 1. The Labute approximate surface area is 197 Å². The average Bonchev–Trinajstić information content (AvgIpc) is 3.10. The van der Waals surface area contributed by atoms with Crippen molar-refractivity contribution in [3.05, 3.63) is 11.1 Å². The number of carbonyl (C=O) groups excluding carboxylic acids is 2. The molecule has 2 rings (SSSR count). The van der Waals surface area contributed by atoms with Crippen LogP contribution in [0.5, 0.6) is 0 Å². The van der Waals surface area contributed by atoms with Gasteiger partial charge >= 0.3 is 18.2 Å². The number of piperidine rings is 1. The number of nitrogens with zero attached hydrogens (tertiary/aromatic N) is 3. The molecule has 1 aliphatic heterocycles. The number of nitrogens with one attached hydrogen (secondary N) is 1. The van der Waals surface area contributed by atoms with Crippen LogP contribution in [0.3, 0.4) is 0 Å². The predicted molar refractivity (Wildman–Crippen MR) is 123 cm³/mol. The van der Waals surface area contributed by atoms with Crippen LogP contribution in [0.4, 0.5) is 14.7 Å². The van der Waals surface area contributed by atoms with Gasteiger partial charge in [0.1, 0.15) is 23.5 Å². The van der Waals surface area contributed by atoms with E-state index in [1.807, 2.05) is 20.8 Å². The van der Waals surface area contributed by atoms with Crippen molar-refractivity contribution in [2.45, 2.75) is 65.6 Å². The van der Waals surface area contributed by atoms with Gasteiger partial charge in [-0.3, -0.25) is 5.32 Å². The molecule has 2 amide bonds. The molecule has 0 spiro atoms. The maximum Gasteiger partial charge on any atom is 0.413 e. The number of thiazole rings is 1. The molecule has 0 aromatic carbocycles. The minimum absolute atomic E-state index is 0.0679. The number of hydrogen-bond donors (Lipinski definition) is 2. The standard InChI is InChI=1S/C21H32N4O7S/c1-20(2,3)31-18(28)23-17-22-14(12-33-17)15(16(26)27)24-30-11-13-7-9-25(10-8-13)19(29)32-21(4,5)6/h12-13H,7-11H2,1-6H3,(H,26,27)(H,22,23,28)/b24-15-. The minimum atomic E-state index is -1.30. The lowest BCUT2D eigenvalue weighted by molar-refractivity contribution is -0.129. The average molecular weight is 485 g/mol. The summed E-state index contributed by atoms with van der Waals surface area (Å²) in [6, 6.07) is 0. The number of ether oxygens (including phenoxy) is 2. The van der Waals surface area contributed by atoms with E-state index in [9.17, 15) is 19.5 Å². The van der Waals surface area contributed by atoms with Gasteiger partial charge in [-0.15, -0.1) is 11.3 Å². The second kappa shape index (κ2) is 10.8. The quantitative estimate of drug-likeness (QED) is 0.457. The number of hydrogen-bond acceptors (Lipinski definition) is 9. The molecule has 12 heteroatoms. The molecular formula is C21H32N4O7S. The number of carbonyl (C=O) groups is 3. The van der Waals surface area contributed by atoms with Crippen molar-refractivity contribution in [2.24, 2.45) is 11.1 Å². The summed E-state index contributed by atoms with van der Waals surface area (Å²) < 4.78 is 10.5. The zero-order valence-corrected chi connectivity index (χ0v) is 20.7. The summed E-state index contributed by atoms with van der Waals surface area (Å²) in [4.78, 5) is 46.7. The summed E-state index contributed by atoms with van der Waals surface area (Å²) in [6.07, 6.45) is 0.355. The molecule has 33 heavy (non-hydrogen) atoms. The maximum atomic E-state index is 12.1. The molecule has 0 radical (unpaired) electrons. The fourth-order valence-corrected chi connectivity index (χ4v) is 3.52. The van der Waals surface area contributed by atoms with Gasteiger partial charge in [-0.05, 0) is 60.3 Å². The lowest BCUT2D eigenvalue weighted by Crippen LogP contribution is -2.42. The number of aliphatic carboxylic acids is 1. The Bertz CT molecular complexity index is 878. The first-order chi connectivity index (χ1) is 15.2. The van der Waals surface area contributed by atoms with Gasteiger partial charge in [-0.25, -0.2) is 19.4 Å². The number of anilines is 1. The number of likely N-dealkylation sites (tertiary alicyclic amines) is 1. The molecule has 1 fully saturated rings. The van der Waals surface area contributed by atoms with Crippen LogP contribution in [0.1, 0.15) is 60.1 Å². The Morgan fingerprint density at radius 2 is 1.76 bits per heavy atom. The van der Waals surface area contributed by atoms with Crippen LogP contribution < -0.4 is 5.32 Å². The maximum absolute atomic E-state index is 12.1. The molecule has 0 bridgehead atoms. The van der Waals surface area contributed by atoms with Crippen LogP contribution in [0.2, 0.25) is 0 Å². The molecule has 1 aromatic rings. The molecule has 11 nitrogen and oxygen atoms in total. The smallest absolute Gasteiger partial charge is 0.413 e. The largest absolute Gasteiger partial charge is 0.476 e. The monoisotopic (exact) mass is 484 g/mol. The molecule has 2 heterocycles. The van der Waals surface area contributed by atoms with Gasteiger partial charge < -0.3 is 24.3 Å². The molecule has 1 aliphatic rings. The molecule has 184 valence electrons. The zero-order valence-electron chi connectivity index (χ0n) is 19.8. The van der Waals surface area contributed by atoms with Crippen molar-refractivity contribution in [3.63, 3.8) is 0 Å². The summed E-state index contributed by atoms with van der Waals surface area (Å²) >= 11 is 1.05. The first-order valence-electron chi connectivity index (χ1n) is 10.6. The molecule has 0 aliphatic carbocycles. The highest BCUT2D eigenvalue weighted by Crippen LogP contribution is 2.21.